The normalized spacial score (nSPS) is 10.9. The summed E-state index contributed by atoms with van der Waals surface area (Å²) in [6.45, 7) is 3.98. The Hall–Kier alpha value is -1.54. The van der Waals surface area contributed by atoms with E-state index >= 15 is 0 Å². The summed E-state index contributed by atoms with van der Waals surface area (Å²) in [7, 11) is 0. The van der Waals surface area contributed by atoms with Crippen LogP contribution in [-0.4, -0.2) is 19.7 Å². The maximum atomic E-state index is 11.8. The number of hydrogen-bond acceptors (Lipinski definition) is 6. The van der Waals surface area contributed by atoms with Gasteiger partial charge in [0.1, 0.15) is 0 Å². The van der Waals surface area contributed by atoms with Gasteiger partial charge in [0.25, 0.3) is 0 Å². The average Bonchev–Trinajstić information content (AvgIpc) is 2.80. The fourth-order valence-electron chi connectivity index (χ4n) is 1.54. The second kappa shape index (κ2) is 4.99. The van der Waals surface area contributed by atoms with Gasteiger partial charge >= 0.3 is 5.69 Å². The number of nitrogens with zero attached hydrogens (tertiary/aromatic N) is 4. The van der Waals surface area contributed by atoms with E-state index in [-0.39, 0.29) is 18.8 Å². The first-order chi connectivity index (χ1) is 8.52. The average molecular weight is 314 g/mol. The molecule has 0 unspecified atom stereocenters. The van der Waals surface area contributed by atoms with Crippen molar-refractivity contribution in [3.05, 3.63) is 38.1 Å². The highest BCUT2D eigenvalue weighted by Gasteiger charge is 2.12. The van der Waals surface area contributed by atoms with Gasteiger partial charge in [-0.15, -0.1) is 0 Å². The van der Waals surface area contributed by atoms with Crippen LogP contribution in [0.15, 0.2) is 13.8 Å². The Labute approximate surface area is 111 Å². The summed E-state index contributed by atoms with van der Waals surface area (Å²) in [5.74, 6) is 0.744. The monoisotopic (exact) mass is 313 g/mol. The molecule has 0 atom stereocenters. The van der Waals surface area contributed by atoms with Crippen molar-refractivity contribution in [2.75, 3.05) is 0 Å². The topological polar surface area (TPSA) is 99.8 Å². The largest absolute Gasteiger partial charge is 0.348 e. The fraction of sp³-hybridized carbons (Fsp3) is 0.400. The predicted molar refractivity (Wildman–Crippen MR) is 67.0 cm³/mol. The van der Waals surface area contributed by atoms with Gasteiger partial charge in [-0.2, -0.15) is 9.97 Å². The van der Waals surface area contributed by atoms with E-state index in [4.69, 9.17) is 10.3 Å². The van der Waals surface area contributed by atoms with Crippen LogP contribution in [-0.2, 0) is 13.1 Å². The molecule has 0 spiro atoms. The van der Waals surface area contributed by atoms with Gasteiger partial charge in [0.2, 0.25) is 5.89 Å². The van der Waals surface area contributed by atoms with E-state index in [1.54, 1.807) is 6.92 Å². The van der Waals surface area contributed by atoms with E-state index in [0.717, 1.165) is 10.2 Å². The first-order valence-electron chi connectivity index (χ1n) is 5.28. The lowest BCUT2D eigenvalue weighted by molar-refractivity contribution is 0.373. The third-order valence-corrected chi connectivity index (χ3v) is 3.67. The Bertz CT molecular complexity index is 634. The first kappa shape index (κ1) is 12.9. The molecule has 96 valence electrons. The second-order valence-corrected chi connectivity index (χ2v) is 4.57. The zero-order chi connectivity index (χ0) is 13.3. The molecule has 0 aliphatic rings. The molecular formula is C10H12BrN5O2. The van der Waals surface area contributed by atoms with Gasteiger partial charge in [0.15, 0.2) is 5.82 Å². The van der Waals surface area contributed by atoms with Gasteiger partial charge < -0.3 is 10.3 Å². The molecule has 7 nitrogen and oxygen atoms in total. The molecular weight excluding hydrogens is 302 g/mol. The van der Waals surface area contributed by atoms with Crippen LogP contribution in [0.2, 0.25) is 0 Å². The molecule has 0 amide bonds. The van der Waals surface area contributed by atoms with Crippen LogP contribution in [0.4, 0.5) is 0 Å². The van der Waals surface area contributed by atoms with Gasteiger partial charge in [0.05, 0.1) is 23.3 Å². The van der Waals surface area contributed by atoms with E-state index < -0.39 is 0 Å². The molecule has 0 fully saturated rings. The highest BCUT2D eigenvalue weighted by molar-refractivity contribution is 9.10. The van der Waals surface area contributed by atoms with Crippen LogP contribution in [0.25, 0.3) is 0 Å². The minimum absolute atomic E-state index is 0.177. The van der Waals surface area contributed by atoms with Gasteiger partial charge in [-0.05, 0) is 29.8 Å². The van der Waals surface area contributed by atoms with Gasteiger partial charge in [-0.25, -0.2) is 4.79 Å². The first-order valence-corrected chi connectivity index (χ1v) is 6.07. The fourth-order valence-corrected chi connectivity index (χ4v) is 1.84. The minimum atomic E-state index is -0.340. The summed E-state index contributed by atoms with van der Waals surface area (Å²) in [6, 6.07) is 0. The van der Waals surface area contributed by atoms with Crippen molar-refractivity contribution in [2.24, 2.45) is 5.73 Å². The van der Waals surface area contributed by atoms with Crippen molar-refractivity contribution < 1.29 is 4.52 Å². The smallest absolute Gasteiger partial charge is 0.338 e. The number of aromatic nitrogens is 4. The Morgan fingerprint density at radius 2 is 2.11 bits per heavy atom. The predicted octanol–water partition coefficient (Wildman–Crippen LogP) is 0.513. The zero-order valence-electron chi connectivity index (χ0n) is 9.97. The molecule has 0 radical (unpaired) electrons. The molecule has 0 bridgehead atoms. The van der Waals surface area contributed by atoms with Crippen LogP contribution in [0.1, 0.15) is 23.1 Å². The molecule has 2 rings (SSSR count). The molecule has 0 saturated carbocycles. The van der Waals surface area contributed by atoms with E-state index in [2.05, 4.69) is 31.1 Å². The van der Waals surface area contributed by atoms with Crippen LogP contribution < -0.4 is 11.4 Å². The molecule has 2 heterocycles. The highest BCUT2D eigenvalue weighted by atomic mass is 79.9. The molecule has 0 aromatic carbocycles. The Morgan fingerprint density at radius 3 is 2.72 bits per heavy atom. The van der Waals surface area contributed by atoms with Crippen LogP contribution in [0.3, 0.4) is 0 Å². The SMILES string of the molecule is Cc1nc(=O)n(Cc2noc(CN)n2)c(C)c1Br. The number of halogens is 1. The second-order valence-electron chi connectivity index (χ2n) is 3.77. The van der Waals surface area contributed by atoms with E-state index in [9.17, 15) is 4.79 Å². The lowest BCUT2D eigenvalue weighted by Gasteiger charge is -2.09. The molecule has 2 aromatic heterocycles. The standard InChI is InChI=1S/C10H12BrN5O2/c1-5-9(11)6(2)16(10(17)13-5)4-7-14-8(3-12)18-15-7/h3-4,12H2,1-2H3. The molecule has 2 N–H and O–H groups in total. The van der Waals surface area contributed by atoms with E-state index in [1.165, 1.54) is 4.57 Å². The van der Waals surface area contributed by atoms with Crippen molar-refractivity contribution in [1.82, 2.24) is 19.7 Å². The van der Waals surface area contributed by atoms with E-state index in [1.807, 2.05) is 6.92 Å². The molecule has 18 heavy (non-hydrogen) atoms. The number of rotatable bonds is 3. The van der Waals surface area contributed by atoms with Crippen molar-refractivity contribution in [3.63, 3.8) is 0 Å². The summed E-state index contributed by atoms with van der Waals surface area (Å²) >= 11 is 3.39. The van der Waals surface area contributed by atoms with Crippen LogP contribution in [0, 0.1) is 13.8 Å². The third-order valence-electron chi connectivity index (χ3n) is 2.52. The van der Waals surface area contributed by atoms with Crippen LogP contribution >= 0.6 is 15.9 Å². The van der Waals surface area contributed by atoms with Crippen molar-refractivity contribution in [3.8, 4) is 0 Å². The molecule has 2 aromatic rings. The Balaban J connectivity index is 2.40. The lowest BCUT2D eigenvalue weighted by atomic mass is 10.3. The maximum absolute atomic E-state index is 11.8. The highest BCUT2D eigenvalue weighted by Crippen LogP contribution is 2.17. The minimum Gasteiger partial charge on any atom is -0.338 e. The van der Waals surface area contributed by atoms with Crippen LogP contribution in [0.5, 0.6) is 0 Å². The summed E-state index contributed by atoms with van der Waals surface area (Å²) in [5.41, 5.74) is 6.46. The Morgan fingerprint density at radius 1 is 1.39 bits per heavy atom. The lowest BCUT2D eigenvalue weighted by Crippen LogP contribution is -2.27. The summed E-state index contributed by atoms with van der Waals surface area (Å²) in [6.07, 6.45) is 0. The number of hydrogen-bond donors (Lipinski definition) is 1. The van der Waals surface area contributed by atoms with Crippen molar-refractivity contribution in [2.45, 2.75) is 26.9 Å². The summed E-state index contributed by atoms with van der Waals surface area (Å²) in [5, 5.41) is 3.75. The Kier molecular flexibility index (Phi) is 3.58. The summed E-state index contributed by atoms with van der Waals surface area (Å²) < 4.78 is 7.16. The maximum Gasteiger partial charge on any atom is 0.348 e. The summed E-state index contributed by atoms with van der Waals surface area (Å²) in [4.78, 5) is 19.8. The van der Waals surface area contributed by atoms with E-state index in [0.29, 0.717) is 17.4 Å². The van der Waals surface area contributed by atoms with Crippen molar-refractivity contribution in [1.29, 1.82) is 0 Å². The number of aryl methyl sites for hydroxylation is 1. The number of nitrogens with two attached hydrogens (primary N) is 1. The molecule has 0 saturated heterocycles. The molecule has 0 aliphatic carbocycles. The van der Waals surface area contributed by atoms with Gasteiger partial charge in [-0.3, -0.25) is 4.57 Å². The quantitative estimate of drug-likeness (QED) is 0.886. The zero-order valence-corrected chi connectivity index (χ0v) is 11.6. The van der Waals surface area contributed by atoms with Gasteiger partial charge in [-0.1, -0.05) is 5.16 Å². The van der Waals surface area contributed by atoms with Gasteiger partial charge in [0, 0.05) is 5.69 Å². The molecule has 8 heteroatoms. The third kappa shape index (κ3) is 2.34. The molecule has 0 aliphatic heterocycles. The van der Waals surface area contributed by atoms with Crippen molar-refractivity contribution >= 4 is 15.9 Å².